The van der Waals surface area contributed by atoms with Gasteiger partial charge in [-0.3, -0.25) is 4.98 Å². The van der Waals surface area contributed by atoms with Crippen molar-refractivity contribution in [2.24, 2.45) is 0 Å². The van der Waals surface area contributed by atoms with E-state index >= 15 is 0 Å². The second-order valence-corrected chi connectivity index (χ2v) is 5.19. The van der Waals surface area contributed by atoms with E-state index in [-0.39, 0.29) is 0 Å². The third-order valence-corrected chi connectivity index (χ3v) is 3.27. The van der Waals surface area contributed by atoms with E-state index in [0.29, 0.717) is 0 Å². The Hall–Kier alpha value is -1.39. The first-order chi connectivity index (χ1) is 9.20. The topological polar surface area (TPSA) is 34.2 Å². The van der Waals surface area contributed by atoms with Gasteiger partial charge in [0, 0.05) is 29.0 Å². The number of hydrogen-bond acceptors (Lipinski definition) is 3. The fourth-order valence-corrected chi connectivity index (χ4v) is 2.23. The largest absolute Gasteiger partial charge is 0.457 e. The lowest BCUT2D eigenvalue weighted by molar-refractivity contribution is 0.468. The summed E-state index contributed by atoms with van der Waals surface area (Å²) in [5, 5.41) is 3.29. The molecule has 0 spiro atoms. The van der Waals surface area contributed by atoms with Crippen LogP contribution in [0.4, 0.5) is 0 Å². The van der Waals surface area contributed by atoms with Crippen molar-refractivity contribution >= 4 is 15.9 Å². The average molecular weight is 321 g/mol. The minimum atomic E-state index is 0.759. The van der Waals surface area contributed by atoms with Gasteiger partial charge in [-0.1, -0.05) is 22.9 Å². The summed E-state index contributed by atoms with van der Waals surface area (Å²) < 4.78 is 7.05. The molecule has 100 valence electrons. The number of nitrogens with one attached hydrogen (secondary N) is 1. The number of nitrogens with zero attached hydrogens (tertiary/aromatic N) is 1. The van der Waals surface area contributed by atoms with Crippen molar-refractivity contribution in [3.63, 3.8) is 0 Å². The van der Waals surface area contributed by atoms with E-state index in [9.17, 15) is 0 Å². The van der Waals surface area contributed by atoms with E-state index in [4.69, 9.17) is 4.74 Å². The Morgan fingerprint density at radius 3 is 2.84 bits per heavy atom. The van der Waals surface area contributed by atoms with Crippen LogP contribution in [0.2, 0.25) is 0 Å². The van der Waals surface area contributed by atoms with Crippen molar-refractivity contribution in [2.75, 3.05) is 6.54 Å². The summed E-state index contributed by atoms with van der Waals surface area (Å²) in [5.74, 6) is 1.72. The second-order valence-electron chi connectivity index (χ2n) is 4.28. The van der Waals surface area contributed by atoms with Crippen LogP contribution in [0.3, 0.4) is 0 Å². The molecular formula is C15H17BrN2O. The van der Waals surface area contributed by atoms with Crippen LogP contribution in [0, 0.1) is 6.92 Å². The van der Waals surface area contributed by atoms with Crippen molar-refractivity contribution in [3.8, 4) is 11.5 Å². The van der Waals surface area contributed by atoms with E-state index < -0.39 is 0 Å². The molecule has 1 aromatic carbocycles. The third-order valence-electron chi connectivity index (χ3n) is 2.78. The first-order valence-electron chi connectivity index (χ1n) is 6.28. The van der Waals surface area contributed by atoms with Gasteiger partial charge in [-0.05, 0) is 43.3 Å². The normalized spacial score (nSPS) is 10.5. The van der Waals surface area contributed by atoms with E-state index in [1.54, 1.807) is 6.20 Å². The minimum absolute atomic E-state index is 0.759. The zero-order valence-corrected chi connectivity index (χ0v) is 12.7. The fourth-order valence-electron chi connectivity index (χ4n) is 1.75. The molecule has 0 unspecified atom stereocenters. The molecule has 1 N–H and O–H groups in total. The van der Waals surface area contributed by atoms with Crippen molar-refractivity contribution < 1.29 is 4.74 Å². The maximum atomic E-state index is 5.99. The van der Waals surface area contributed by atoms with Gasteiger partial charge in [0.2, 0.25) is 0 Å². The van der Waals surface area contributed by atoms with Gasteiger partial charge in [0.1, 0.15) is 11.5 Å². The Kier molecular flexibility index (Phi) is 4.93. The average Bonchev–Trinajstić information content (AvgIpc) is 2.41. The zero-order valence-electron chi connectivity index (χ0n) is 11.1. The highest BCUT2D eigenvalue weighted by Gasteiger charge is 2.06. The van der Waals surface area contributed by atoms with Crippen LogP contribution in [-0.4, -0.2) is 11.5 Å². The predicted molar refractivity (Wildman–Crippen MR) is 80.6 cm³/mol. The number of ether oxygens (including phenoxy) is 1. The van der Waals surface area contributed by atoms with Gasteiger partial charge in [-0.15, -0.1) is 0 Å². The summed E-state index contributed by atoms with van der Waals surface area (Å²) in [4.78, 5) is 4.15. The molecule has 0 aliphatic carbocycles. The minimum Gasteiger partial charge on any atom is -0.457 e. The molecule has 0 radical (unpaired) electrons. The fraction of sp³-hybridized carbons (Fsp3) is 0.267. The molecule has 0 bridgehead atoms. The summed E-state index contributed by atoms with van der Waals surface area (Å²) in [6.45, 7) is 5.79. The number of aromatic nitrogens is 1. The lowest BCUT2D eigenvalue weighted by Gasteiger charge is -2.12. The Morgan fingerprint density at radius 2 is 2.11 bits per heavy atom. The summed E-state index contributed by atoms with van der Waals surface area (Å²) >= 11 is 3.45. The van der Waals surface area contributed by atoms with Gasteiger partial charge in [0.05, 0.1) is 0 Å². The third kappa shape index (κ3) is 3.78. The highest BCUT2D eigenvalue weighted by Crippen LogP contribution is 2.29. The summed E-state index contributed by atoms with van der Waals surface area (Å²) in [6.07, 6.45) is 3.59. The first-order valence-corrected chi connectivity index (χ1v) is 7.07. The van der Waals surface area contributed by atoms with E-state index in [0.717, 1.165) is 40.2 Å². The second kappa shape index (κ2) is 6.68. The molecule has 2 rings (SSSR count). The summed E-state index contributed by atoms with van der Waals surface area (Å²) in [5.41, 5.74) is 2.16. The molecule has 4 heteroatoms. The number of aryl methyl sites for hydroxylation is 1. The molecule has 1 aromatic heterocycles. The number of hydrogen-bond donors (Lipinski definition) is 1. The Morgan fingerprint density at radius 1 is 1.26 bits per heavy atom. The molecule has 2 aromatic rings. The van der Waals surface area contributed by atoms with Crippen LogP contribution in [0.5, 0.6) is 11.5 Å². The molecule has 3 nitrogen and oxygen atoms in total. The smallest absolute Gasteiger partial charge is 0.135 e. The standard InChI is InChI=1S/C15H17BrN2O/c1-3-17-9-12-10-18-7-6-15(12)19-14-5-4-13(16)8-11(14)2/h4-8,10,17H,3,9H2,1-2H3. The maximum absolute atomic E-state index is 5.99. The van der Waals surface area contributed by atoms with Gasteiger partial charge in [-0.25, -0.2) is 0 Å². The molecule has 1 heterocycles. The Bertz CT molecular complexity index is 558. The Balaban J connectivity index is 2.22. The molecular weight excluding hydrogens is 304 g/mol. The van der Waals surface area contributed by atoms with Gasteiger partial charge in [0.15, 0.2) is 0 Å². The molecule has 0 saturated carbocycles. The molecule has 0 atom stereocenters. The van der Waals surface area contributed by atoms with Gasteiger partial charge < -0.3 is 10.1 Å². The highest BCUT2D eigenvalue weighted by atomic mass is 79.9. The zero-order chi connectivity index (χ0) is 13.7. The maximum Gasteiger partial charge on any atom is 0.135 e. The molecule has 0 amide bonds. The summed E-state index contributed by atoms with van der Waals surface area (Å²) in [7, 11) is 0. The van der Waals surface area contributed by atoms with Crippen LogP contribution in [0.25, 0.3) is 0 Å². The van der Waals surface area contributed by atoms with Crippen LogP contribution < -0.4 is 10.1 Å². The van der Waals surface area contributed by atoms with Crippen molar-refractivity contribution in [3.05, 3.63) is 52.3 Å². The first kappa shape index (κ1) is 14.0. The molecule has 0 saturated heterocycles. The van der Waals surface area contributed by atoms with Gasteiger partial charge >= 0.3 is 0 Å². The quantitative estimate of drug-likeness (QED) is 0.902. The number of benzene rings is 1. The number of halogens is 1. The van der Waals surface area contributed by atoms with Crippen LogP contribution in [0.1, 0.15) is 18.1 Å². The molecule has 19 heavy (non-hydrogen) atoms. The van der Waals surface area contributed by atoms with Crippen LogP contribution in [0.15, 0.2) is 41.1 Å². The van der Waals surface area contributed by atoms with Crippen LogP contribution >= 0.6 is 15.9 Å². The molecule has 0 fully saturated rings. The van der Waals surface area contributed by atoms with E-state index in [2.05, 4.69) is 33.2 Å². The van der Waals surface area contributed by atoms with Crippen LogP contribution in [-0.2, 0) is 6.54 Å². The van der Waals surface area contributed by atoms with Gasteiger partial charge in [0.25, 0.3) is 0 Å². The highest BCUT2D eigenvalue weighted by molar-refractivity contribution is 9.10. The number of pyridine rings is 1. The molecule has 0 aliphatic heterocycles. The Labute approximate surface area is 122 Å². The SMILES string of the molecule is CCNCc1cnccc1Oc1ccc(Br)cc1C. The lowest BCUT2D eigenvalue weighted by atomic mass is 10.2. The van der Waals surface area contributed by atoms with E-state index in [1.807, 2.05) is 37.4 Å². The number of rotatable bonds is 5. The predicted octanol–water partition coefficient (Wildman–Crippen LogP) is 4.05. The van der Waals surface area contributed by atoms with Crippen molar-refractivity contribution in [1.82, 2.24) is 10.3 Å². The van der Waals surface area contributed by atoms with E-state index in [1.165, 1.54) is 0 Å². The molecule has 0 aliphatic rings. The monoisotopic (exact) mass is 320 g/mol. The van der Waals surface area contributed by atoms with Crippen molar-refractivity contribution in [2.45, 2.75) is 20.4 Å². The lowest BCUT2D eigenvalue weighted by Crippen LogP contribution is -2.12. The summed E-state index contributed by atoms with van der Waals surface area (Å²) in [6, 6.07) is 7.89. The van der Waals surface area contributed by atoms with Gasteiger partial charge in [-0.2, -0.15) is 0 Å². The van der Waals surface area contributed by atoms with Crippen molar-refractivity contribution in [1.29, 1.82) is 0 Å².